The monoisotopic (exact) mass is 190 g/mol. The van der Waals surface area contributed by atoms with Crippen LogP contribution in [0.4, 0.5) is 0 Å². The Balaban J connectivity index is 2.87. The second-order valence-electron chi connectivity index (χ2n) is 2.72. The summed E-state index contributed by atoms with van der Waals surface area (Å²) in [7, 11) is 0. The number of carbonyl (C=O) groups is 1. The Morgan fingerprint density at radius 2 is 1.69 bits per heavy atom. The van der Waals surface area contributed by atoms with E-state index in [2.05, 4.69) is 10.6 Å². The van der Waals surface area contributed by atoms with Crippen LogP contribution in [0.3, 0.4) is 0 Å². The molecule has 0 aromatic heterocycles. The molecule has 0 aromatic rings. The number of aliphatic hydroxyl groups is 1. The van der Waals surface area contributed by atoms with E-state index in [0.717, 1.165) is 19.6 Å². The van der Waals surface area contributed by atoms with Crippen molar-refractivity contribution in [1.82, 2.24) is 10.6 Å². The highest BCUT2D eigenvalue weighted by atomic mass is 16.4. The van der Waals surface area contributed by atoms with Gasteiger partial charge in [-0.05, 0) is 13.0 Å². The van der Waals surface area contributed by atoms with Gasteiger partial charge in [0.05, 0.1) is 6.61 Å². The second-order valence-corrected chi connectivity index (χ2v) is 2.72. The number of nitrogens with one attached hydrogen (secondary N) is 2. The van der Waals surface area contributed by atoms with Crippen molar-refractivity contribution in [3.63, 3.8) is 0 Å². The van der Waals surface area contributed by atoms with Gasteiger partial charge in [-0.2, -0.15) is 0 Å². The van der Waals surface area contributed by atoms with Gasteiger partial charge in [0.25, 0.3) is 0 Å². The van der Waals surface area contributed by atoms with Gasteiger partial charge in [-0.25, -0.2) is 0 Å². The lowest BCUT2D eigenvalue weighted by Crippen LogP contribution is -2.29. The first-order valence-corrected chi connectivity index (χ1v) is 4.51. The van der Waals surface area contributed by atoms with Crippen LogP contribution in [-0.4, -0.2) is 49.0 Å². The fraction of sp³-hybridized carbons (Fsp3) is 0.875. The maximum Gasteiger partial charge on any atom is 0.303 e. The second kappa shape index (κ2) is 9.44. The molecule has 0 saturated heterocycles. The molecule has 0 aliphatic carbocycles. The van der Waals surface area contributed by atoms with E-state index in [-0.39, 0.29) is 13.0 Å². The van der Waals surface area contributed by atoms with E-state index in [1.54, 1.807) is 0 Å². The van der Waals surface area contributed by atoms with Crippen molar-refractivity contribution in [2.45, 2.75) is 12.8 Å². The van der Waals surface area contributed by atoms with Crippen molar-refractivity contribution < 1.29 is 15.0 Å². The zero-order valence-electron chi connectivity index (χ0n) is 7.75. The minimum Gasteiger partial charge on any atom is -0.481 e. The van der Waals surface area contributed by atoms with Crippen molar-refractivity contribution in [2.24, 2.45) is 0 Å². The number of carboxylic acid groups (broad SMARTS) is 1. The molecule has 0 aliphatic heterocycles. The normalized spacial score (nSPS) is 10.2. The fourth-order valence-electron chi connectivity index (χ4n) is 0.870. The molecule has 4 N–H and O–H groups in total. The van der Waals surface area contributed by atoms with Gasteiger partial charge in [-0.3, -0.25) is 4.79 Å². The first kappa shape index (κ1) is 12.3. The largest absolute Gasteiger partial charge is 0.481 e. The number of aliphatic carboxylic acids is 1. The van der Waals surface area contributed by atoms with E-state index in [1.165, 1.54) is 0 Å². The van der Waals surface area contributed by atoms with Crippen LogP contribution in [0.5, 0.6) is 0 Å². The van der Waals surface area contributed by atoms with Gasteiger partial charge in [0.15, 0.2) is 0 Å². The fourth-order valence-corrected chi connectivity index (χ4v) is 0.870. The third kappa shape index (κ3) is 11.3. The van der Waals surface area contributed by atoms with Gasteiger partial charge in [-0.1, -0.05) is 0 Å². The Morgan fingerprint density at radius 1 is 1.08 bits per heavy atom. The number of carboxylic acids is 1. The topological polar surface area (TPSA) is 81.6 Å². The summed E-state index contributed by atoms with van der Waals surface area (Å²) < 4.78 is 0. The van der Waals surface area contributed by atoms with Gasteiger partial charge in [0, 0.05) is 26.1 Å². The Bertz CT molecular complexity index is 131. The maximum absolute atomic E-state index is 10.1. The average Bonchev–Trinajstić information content (AvgIpc) is 2.09. The lowest BCUT2D eigenvalue weighted by molar-refractivity contribution is -0.137. The molecule has 0 unspecified atom stereocenters. The summed E-state index contributed by atoms with van der Waals surface area (Å²) in [6.07, 6.45) is 0.881. The number of hydrogen-bond acceptors (Lipinski definition) is 4. The quantitative estimate of drug-likeness (QED) is 0.351. The molecule has 0 atom stereocenters. The van der Waals surface area contributed by atoms with Crippen molar-refractivity contribution >= 4 is 5.97 Å². The molecule has 0 spiro atoms. The van der Waals surface area contributed by atoms with Gasteiger partial charge in [-0.15, -0.1) is 0 Å². The van der Waals surface area contributed by atoms with E-state index in [0.29, 0.717) is 13.0 Å². The van der Waals surface area contributed by atoms with Crippen LogP contribution in [0.25, 0.3) is 0 Å². The summed E-state index contributed by atoms with van der Waals surface area (Å²) in [6, 6.07) is 0. The summed E-state index contributed by atoms with van der Waals surface area (Å²) >= 11 is 0. The SMILES string of the molecule is O=C(O)CCCNCCNCCO. The van der Waals surface area contributed by atoms with Gasteiger partial charge >= 0.3 is 5.97 Å². The summed E-state index contributed by atoms with van der Waals surface area (Å²) in [5.41, 5.74) is 0. The number of rotatable bonds is 9. The Kier molecular flexibility index (Phi) is 8.97. The Hall–Kier alpha value is -0.650. The van der Waals surface area contributed by atoms with E-state index < -0.39 is 5.97 Å². The molecule has 0 saturated carbocycles. The molecule has 0 amide bonds. The lowest BCUT2D eigenvalue weighted by atomic mass is 10.3. The van der Waals surface area contributed by atoms with Crippen LogP contribution in [0, 0.1) is 0 Å². The molecule has 78 valence electrons. The molecular formula is C8H18N2O3. The molecule has 0 rings (SSSR count). The molecular weight excluding hydrogens is 172 g/mol. The molecule has 0 heterocycles. The highest BCUT2D eigenvalue weighted by molar-refractivity contribution is 5.66. The molecule has 13 heavy (non-hydrogen) atoms. The Labute approximate surface area is 78.1 Å². The van der Waals surface area contributed by atoms with Crippen LogP contribution >= 0.6 is 0 Å². The first-order valence-electron chi connectivity index (χ1n) is 4.51. The minimum absolute atomic E-state index is 0.152. The van der Waals surface area contributed by atoms with Crippen LogP contribution in [0.1, 0.15) is 12.8 Å². The van der Waals surface area contributed by atoms with E-state index >= 15 is 0 Å². The Morgan fingerprint density at radius 3 is 2.23 bits per heavy atom. The zero-order chi connectivity index (χ0) is 9.94. The van der Waals surface area contributed by atoms with Crippen molar-refractivity contribution in [2.75, 3.05) is 32.8 Å². The minimum atomic E-state index is -0.750. The molecule has 0 bridgehead atoms. The van der Waals surface area contributed by atoms with Crippen LogP contribution in [0.2, 0.25) is 0 Å². The molecule has 5 nitrogen and oxygen atoms in total. The number of aliphatic hydroxyl groups excluding tert-OH is 1. The van der Waals surface area contributed by atoms with Crippen molar-refractivity contribution in [1.29, 1.82) is 0 Å². The standard InChI is InChI=1S/C8H18N2O3/c11-7-6-10-5-4-9-3-1-2-8(12)13/h9-11H,1-7H2,(H,12,13). The van der Waals surface area contributed by atoms with Crippen LogP contribution in [-0.2, 0) is 4.79 Å². The van der Waals surface area contributed by atoms with E-state index in [9.17, 15) is 4.79 Å². The zero-order valence-corrected chi connectivity index (χ0v) is 7.75. The van der Waals surface area contributed by atoms with Crippen molar-refractivity contribution in [3.8, 4) is 0 Å². The summed E-state index contributed by atoms with van der Waals surface area (Å²) in [5.74, 6) is -0.750. The highest BCUT2D eigenvalue weighted by Gasteiger charge is 1.94. The first-order chi connectivity index (χ1) is 6.27. The lowest BCUT2D eigenvalue weighted by Gasteiger charge is -2.04. The van der Waals surface area contributed by atoms with Crippen LogP contribution < -0.4 is 10.6 Å². The smallest absolute Gasteiger partial charge is 0.303 e. The molecule has 0 aliphatic rings. The van der Waals surface area contributed by atoms with Gasteiger partial charge in [0.1, 0.15) is 0 Å². The predicted octanol–water partition coefficient (Wildman–Crippen LogP) is -0.977. The summed E-state index contributed by atoms with van der Waals surface area (Å²) in [4.78, 5) is 10.1. The summed E-state index contributed by atoms with van der Waals surface area (Å²) in [5, 5.41) is 22.8. The van der Waals surface area contributed by atoms with Crippen molar-refractivity contribution in [3.05, 3.63) is 0 Å². The summed E-state index contributed by atoms with van der Waals surface area (Å²) in [6.45, 7) is 3.09. The molecule has 5 heteroatoms. The van der Waals surface area contributed by atoms with Crippen LogP contribution in [0.15, 0.2) is 0 Å². The maximum atomic E-state index is 10.1. The van der Waals surface area contributed by atoms with Gasteiger partial charge in [0.2, 0.25) is 0 Å². The molecule has 0 fully saturated rings. The third-order valence-electron chi connectivity index (χ3n) is 1.51. The van der Waals surface area contributed by atoms with E-state index in [1.807, 2.05) is 0 Å². The third-order valence-corrected chi connectivity index (χ3v) is 1.51. The average molecular weight is 190 g/mol. The molecule has 0 radical (unpaired) electrons. The van der Waals surface area contributed by atoms with Gasteiger partial charge < -0.3 is 20.8 Å². The molecule has 0 aromatic carbocycles. The van der Waals surface area contributed by atoms with E-state index in [4.69, 9.17) is 10.2 Å². The highest BCUT2D eigenvalue weighted by Crippen LogP contribution is 1.84. The number of hydrogen-bond donors (Lipinski definition) is 4. The predicted molar refractivity (Wildman–Crippen MR) is 49.7 cm³/mol.